The topological polar surface area (TPSA) is 40.5 Å². The molecule has 1 aromatic carbocycles. The number of aromatic hydroxyl groups is 2. The lowest BCUT2D eigenvalue weighted by Crippen LogP contribution is -2.03. The molecule has 0 radical (unpaired) electrons. The summed E-state index contributed by atoms with van der Waals surface area (Å²) in [6.07, 6.45) is 11.2. The Morgan fingerprint density at radius 3 is 2.43 bits per heavy atom. The predicted molar refractivity (Wildman–Crippen MR) is 88.0 cm³/mol. The quantitative estimate of drug-likeness (QED) is 0.541. The van der Waals surface area contributed by atoms with Crippen molar-refractivity contribution in [2.45, 2.75) is 71.1 Å². The van der Waals surface area contributed by atoms with Gasteiger partial charge in [0, 0.05) is 11.5 Å². The van der Waals surface area contributed by atoms with Crippen LogP contribution in [0.25, 0.3) is 0 Å². The molecule has 1 aromatic rings. The molecule has 2 nitrogen and oxygen atoms in total. The first-order valence-corrected chi connectivity index (χ1v) is 8.34. The van der Waals surface area contributed by atoms with Crippen LogP contribution < -0.4 is 0 Å². The molecule has 1 atom stereocenters. The highest BCUT2D eigenvalue weighted by Crippen LogP contribution is 2.41. The lowest BCUT2D eigenvalue weighted by atomic mass is 9.84. The molecule has 0 saturated carbocycles. The third-order valence-electron chi connectivity index (χ3n) is 4.46. The average Bonchev–Trinajstić information content (AvgIpc) is 2.43. The number of rotatable bonds is 6. The van der Waals surface area contributed by atoms with Gasteiger partial charge >= 0.3 is 0 Å². The van der Waals surface area contributed by atoms with Crippen LogP contribution in [0.2, 0.25) is 0 Å². The van der Waals surface area contributed by atoms with Gasteiger partial charge in [-0.3, -0.25) is 0 Å². The van der Waals surface area contributed by atoms with Crippen molar-refractivity contribution in [3.63, 3.8) is 0 Å². The van der Waals surface area contributed by atoms with Gasteiger partial charge in [-0.15, -0.1) is 0 Å². The molecule has 0 spiro atoms. The summed E-state index contributed by atoms with van der Waals surface area (Å²) in [5.41, 5.74) is 3.11. The molecule has 1 aliphatic rings. The van der Waals surface area contributed by atoms with Crippen molar-refractivity contribution in [2.75, 3.05) is 0 Å². The third kappa shape index (κ3) is 4.26. The first kappa shape index (κ1) is 15.9. The van der Waals surface area contributed by atoms with Crippen LogP contribution in [0.4, 0.5) is 0 Å². The molecule has 1 unspecified atom stereocenters. The van der Waals surface area contributed by atoms with E-state index in [1.165, 1.54) is 24.8 Å². The SMILES string of the molecule is CCCCCCc1cc(O)c(C2C=C(C)CCC2)c(O)c1. The maximum atomic E-state index is 10.3. The molecular formula is C19H28O2. The Balaban J connectivity index is 2.12. The molecule has 2 rings (SSSR count). The maximum Gasteiger partial charge on any atom is 0.123 e. The number of unbranched alkanes of at least 4 members (excludes halogenated alkanes) is 3. The second kappa shape index (κ2) is 7.53. The monoisotopic (exact) mass is 288 g/mol. The van der Waals surface area contributed by atoms with E-state index in [-0.39, 0.29) is 17.4 Å². The van der Waals surface area contributed by atoms with Gasteiger partial charge in [0.15, 0.2) is 0 Å². The molecular weight excluding hydrogens is 260 g/mol. The van der Waals surface area contributed by atoms with Gasteiger partial charge in [0.2, 0.25) is 0 Å². The zero-order chi connectivity index (χ0) is 15.2. The van der Waals surface area contributed by atoms with Gasteiger partial charge in [-0.05, 0) is 56.7 Å². The molecule has 116 valence electrons. The van der Waals surface area contributed by atoms with Crippen molar-refractivity contribution in [2.24, 2.45) is 0 Å². The number of aryl methyl sites for hydroxylation is 1. The van der Waals surface area contributed by atoms with E-state index < -0.39 is 0 Å². The summed E-state index contributed by atoms with van der Waals surface area (Å²) in [6.45, 7) is 4.33. The van der Waals surface area contributed by atoms with E-state index in [1.807, 2.05) is 12.1 Å². The van der Waals surface area contributed by atoms with Crippen molar-refractivity contribution >= 4 is 0 Å². The summed E-state index contributed by atoms with van der Waals surface area (Å²) in [4.78, 5) is 0. The highest BCUT2D eigenvalue weighted by atomic mass is 16.3. The summed E-state index contributed by atoms with van der Waals surface area (Å²) in [6, 6.07) is 3.69. The number of hydrogen-bond donors (Lipinski definition) is 2. The van der Waals surface area contributed by atoms with Gasteiger partial charge in [0.25, 0.3) is 0 Å². The molecule has 0 heterocycles. The summed E-state index contributed by atoms with van der Waals surface area (Å²) in [7, 11) is 0. The van der Waals surface area contributed by atoms with E-state index in [0.29, 0.717) is 5.56 Å². The first-order chi connectivity index (χ1) is 10.1. The van der Waals surface area contributed by atoms with E-state index in [2.05, 4.69) is 19.9 Å². The normalized spacial score (nSPS) is 18.6. The summed E-state index contributed by atoms with van der Waals surface area (Å²) in [5.74, 6) is 0.681. The van der Waals surface area contributed by atoms with Crippen LogP contribution in [-0.2, 0) is 6.42 Å². The van der Waals surface area contributed by atoms with E-state index in [9.17, 15) is 10.2 Å². The molecule has 0 aromatic heterocycles. The minimum atomic E-state index is 0.160. The molecule has 0 saturated heterocycles. The summed E-state index contributed by atoms with van der Waals surface area (Å²) in [5, 5.41) is 20.6. The van der Waals surface area contributed by atoms with Crippen molar-refractivity contribution in [3.8, 4) is 11.5 Å². The van der Waals surface area contributed by atoms with Crippen LogP contribution >= 0.6 is 0 Å². The zero-order valence-corrected chi connectivity index (χ0v) is 13.4. The summed E-state index contributed by atoms with van der Waals surface area (Å²) >= 11 is 0. The minimum absolute atomic E-state index is 0.160. The van der Waals surface area contributed by atoms with Gasteiger partial charge in [0.1, 0.15) is 11.5 Å². The van der Waals surface area contributed by atoms with Crippen molar-refractivity contribution < 1.29 is 10.2 Å². The molecule has 2 heteroatoms. The van der Waals surface area contributed by atoms with Gasteiger partial charge < -0.3 is 10.2 Å². The van der Waals surface area contributed by atoms with E-state index in [4.69, 9.17) is 0 Å². The van der Waals surface area contributed by atoms with Gasteiger partial charge in [-0.2, -0.15) is 0 Å². The van der Waals surface area contributed by atoms with Crippen LogP contribution in [-0.4, -0.2) is 10.2 Å². The molecule has 21 heavy (non-hydrogen) atoms. The third-order valence-corrected chi connectivity index (χ3v) is 4.46. The maximum absolute atomic E-state index is 10.3. The highest BCUT2D eigenvalue weighted by Gasteiger charge is 2.21. The number of phenols is 2. The van der Waals surface area contributed by atoms with Crippen LogP contribution in [0.1, 0.15) is 75.8 Å². The summed E-state index contributed by atoms with van der Waals surface area (Å²) < 4.78 is 0. The fraction of sp³-hybridized carbons (Fsp3) is 0.579. The second-order valence-electron chi connectivity index (χ2n) is 6.37. The van der Waals surface area contributed by atoms with Crippen LogP contribution in [0.3, 0.4) is 0 Å². The molecule has 0 aliphatic heterocycles. The highest BCUT2D eigenvalue weighted by molar-refractivity contribution is 5.50. The Morgan fingerprint density at radius 2 is 1.81 bits per heavy atom. The van der Waals surface area contributed by atoms with Gasteiger partial charge in [0.05, 0.1) is 0 Å². The second-order valence-corrected chi connectivity index (χ2v) is 6.37. The lowest BCUT2D eigenvalue weighted by Gasteiger charge is -2.22. The Labute approximate surface area is 128 Å². The van der Waals surface area contributed by atoms with Crippen molar-refractivity contribution in [1.29, 1.82) is 0 Å². The lowest BCUT2D eigenvalue weighted by molar-refractivity contribution is 0.427. The van der Waals surface area contributed by atoms with Crippen molar-refractivity contribution in [1.82, 2.24) is 0 Å². The van der Waals surface area contributed by atoms with Crippen LogP contribution in [0.15, 0.2) is 23.8 Å². The smallest absolute Gasteiger partial charge is 0.123 e. The number of hydrogen-bond acceptors (Lipinski definition) is 2. The number of phenolic OH excluding ortho intramolecular Hbond substituents is 2. The minimum Gasteiger partial charge on any atom is -0.507 e. The Kier molecular flexibility index (Phi) is 5.72. The Hall–Kier alpha value is -1.44. The van der Waals surface area contributed by atoms with Crippen LogP contribution in [0, 0.1) is 0 Å². The molecule has 0 bridgehead atoms. The number of benzene rings is 1. The van der Waals surface area contributed by atoms with Crippen LogP contribution in [0.5, 0.6) is 11.5 Å². The molecule has 2 N–H and O–H groups in total. The number of allylic oxidation sites excluding steroid dienone is 2. The molecule has 0 fully saturated rings. The molecule has 1 aliphatic carbocycles. The van der Waals surface area contributed by atoms with E-state index >= 15 is 0 Å². The van der Waals surface area contributed by atoms with Gasteiger partial charge in [-0.1, -0.05) is 37.8 Å². The van der Waals surface area contributed by atoms with E-state index in [1.54, 1.807) is 0 Å². The fourth-order valence-electron chi connectivity index (χ4n) is 3.30. The van der Waals surface area contributed by atoms with Gasteiger partial charge in [-0.25, -0.2) is 0 Å². The standard InChI is InChI=1S/C19H28O2/c1-3-4-5-6-9-15-12-17(20)19(18(21)13-15)16-10-7-8-14(2)11-16/h11-13,16,20-21H,3-10H2,1-2H3. The van der Waals surface area contributed by atoms with Crippen molar-refractivity contribution in [3.05, 3.63) is 34.9 Å². The Bertz CT molecular complexity index is 479. The predicted octanol–water partition coefficient (Wildman–Crippen LogP) is 5.43. The zero-order valence-electron chi connectivity index (χ0n) is 13.4. The fourth-order valence-corrected chi connectivity index (χ4v) is 3.30. The first-order valence-electron chi connectivity index (χ1n) is 8.34. The average molecular weight is 288 g/mol. The molecule has 0 amide bonds. The Morgan fingerprint density at radius 1 is 1.10 bits per heavy atom. The largest absolute Gasteiger partial charge is 0.507 e. The van der Waals surface area contributed by atoms with E-state index in [0.717, 1.165) is 37.7 Å².